The Morgan fingerprint density at radius 3 is 0.718 bits per heavy atom. The lowest BCUT2D eigenvalue weighted by atomic mass is 10.0. The van der Waals surface area contributed by atoms with Crippen molar-refractivity contribution in [2.75, 3.05) is 39.6 Å². The number of aliphatic hydroxyl groups excluding tert-OH is 2. The molecule has 0 aliphatic heterocycles. The quantitative estimate of drug-likeness (QED) is 0.0146. The Labute approximate surface area is 713 Å². The molecule has 0 bridgehead atoms. The molecule has 16 nitrogen and oxygen atoms in total. The summed E-state index contributed by atoms with van der Waals surface area (Å²) in [5.74, 6) is -1.59. The van der Waals surface area contributed by atoms with Crippen LogP contribution in [0.2, 0.25) is 0 Å². The van der Waals surface area contributed by atoms with E-state index in [4.69, 9.17) is 32.3 Å². The summed E-state index contributed by atoms with van der Waals surface area (Å²) in [6.07, 6.45) is 117. The maximum atomic E-state index is 13.1. The molecule has 0 fully saturated rings. The highest BCUT2D eigenvalue weighted by molar-refractivity contribution is 7.47. The third-order valence-electron chi connectivity index (χ3n) is 19.4. The van der Waals surface area contributed by atoms with Crippen molar-refractivity contribution in [3.63, 3.8) is 0 Å². The topological polar surface area (TPSA) is 231 Å². The van der Waals surface area contributed by atoms with Gasteiger partial charge in [-0.05, 0) is 154 Å². The van der Waals surface area contributed by atoms with Crippen molar-refractivity contribution in [1.29, 1.82) is 0 Å². The van der Waals surface area contributed by atoms with Gasteiger partial charge in [0.2, 0.25) is 0 Å². The Bertz CT molecular complexity index is 2810. The van der Waals surface area contributed by atoms with Crippen LogP contribution in [0.4, 0.5) is 0 Å². The van der Waals surface area contributed by atoms with Gasteiger partial charge >= 0.3 is 33.6 Å². The number of allylic oxidation sites excluding steroid dienone is 28. The molecule has 18 heteroatoms. The Morgan fingerprint density at radius 1 is 0.248 bits per heavy atom. The number of unbranched alkanes of at least 4 members (excludes halogenated alkanes) is 36. The molecule has 0 rings (SSSR count). The van der Waals surface area contributed by atoms with Gasteiger partial charge in [-0.1, -0.05) is 377 Å². The van der Waals surface area contributed by atoms with E-state index in [9.17, 15) is 43.5 Å². The zero-order chi connectivity index (χ0) is 85.1. The molecule has 117 heavy (non-hydrogen) atoms. The second-order valence-electron chi connectivity index (χ2n) is 30.7. The van der Waals surface area contributed by atoms with Gasteiger partial charge in [-0.3, -0.25) is 32.5 Å². The Balaban J connectivity index is 4.57. The normalized spacial score (nSPS) is 14.6. The summed E-state index contributed by atoms with van der Waals surface area (Å²) in [6, 6.07) is 0. The van der Waals surface area contributed by atoms with Crippen LogP contribution in [0.15, 0.2) is 170 Å². The van der Waals surface area contributed by atoms with Crippen molar-refractivity contribution in [1.82, 2.24) is 0 Å². The minimum atomic E-state index is -4.95. The molecule has 0 aromatic rings. The van der Waals surface area contributed by atoms with Crippen LogP contribution in [0.1, 0.15) is 380 Å². The predicted octanol–water partition coefficient (Wildman–Crippen LogP) is 28.7. The van der Waals surface area contributed by atoms with Crippen molar-refractivity contribution in [3.8, 4) is 0 Å². The standard InChI is InChI=1S/C99H168O16P2/c1-4-7-10-13-16-19-22-25-28-31-34-36-38-40-42-44-46-48-50-52-54-56-59-61-64-67-70-73-76-79-82-85-97(102)109-88-94(100)89-111-116(105,106)112-90-95(101)91-113-117(107,108)114-93-96(115-99(104)87-84-81-78-75-72-69-66-63-58-33-30-27-24-21-18-15-12-9-6-3)92-110-98(103)86-83-80-77-74-71-68-65-62-60-57-55-53-51-49-47-45-43-41-39-37-35-32-29-26-23-20-17-14-11-8-5-2/h7,9-10,12,16-21,25-30,34-37,40-43,46,48,58,63,94-96,100-101H,4-6,8,11,13-15,22-24,31-33,38-39,44-45,47,49-57,59-62,64-93H2,1-3H3,(H,105,106)(H,107,108)/b10-7-,12-9-,19-16-,20-17-,21-18-,28-25-,29-26-,30-27-,36-34-,37-35-,42-40-,43-41-,48-46-,63-58-. The molecule has 0 spiro atoms. The molecule has 0 aliphatic carbocycles. The van der Waals surface area contributed by atoms with E-state index in [-0.39, 0.29) is 19.3 Å². The summed E-state index contributed by atoms with van der Waals surface area (Å²) in [4.78, 5) is 59.0. The molecule has 0 saturated carbocycles. The van der Waals surface area contributed by atoms with Gasteiger partial charge in [0.25, 0.3) is 0 Å². The number of carbonyl (C=O) groups is 3. The van der Waals surface area contributed by atoms with Crippen LogP contribution in [-0.2, 0) is 55.8 Å². The molecule has 5 atom stereocenters. The largest absolute Gasteiger partial charge is 0.472 e. The highest BCUT2D eigenvalue weighted by atomic mass is 31.2. The van der Waals surface area contributed by atoms with Crippen molar-refractivity contribution < 1.29 is 75.8 Å². The number of aliphatic hydroxyl groups is 2. The summed E-state index contributed by atoms with van der Waals surface area (Å²) < 4.78 is 61.5. The van der Waals surface area contributed by atoms with Crippen LogP contribution in [-0.4, -0.2) is 95.9 Å². The number of esters is 3. The molecule has 0 amide bonds. The van der Waals surface area contributed by atoms with Gasteiger partial charge in [0.05, 0.1) is 26.4 Å². The number of ether oxygens (including phenoxy) is 3. The average molecular weight is 1680 g/mol. The third kappa shape index (κ3) is 91.5. The van der Waals surface area contributed by atoms with Gasteiger partial charge in [-0.2, -0.15) is 0 Å². The van der Waals surface area contributed by atoms with E-state index < -0.39 is 91.5 Å². The van der Waals surface area contributed by atoms with E-state index in [1.165, 1.54) is 154 Å². The molecule has 0 saturated heterocycles. The van der Waals surface area contributed by atoms with Crippen molar-refractivity contribution in [3.05, 3.63) is 170 Å². The number of hydrogen-bond acceptors (Lipinski definition) is 14. The third-order valence-corrected chi connectivity index (χ3v) is 21.3. The summed E-state index contributed by atoms with van der Waals surface area (Å²) in [7, 11) is -9.82. The van der Waals surface area contributed by atoms with Gasteiger partial charge in [-0.25, -0.2) is 9.13 Å². The number of rotatable bonds is 87. The molecule has 0 aromatic heterocycles. The van der Waals surface area contributed by atoms with Crippen molar-refractivity contribution >= 4 is 33.6 Å². The average Bonchev–Trinajstić information content (AvgIpc) is 0.891. The Kier molecular flexibility index (Phi) is 86.2. The first-order chi connectivity index (χ1) is 57.2. The van der Waals surface area contributed by atoms with Gasteiger partial charge < -0.3 is 34.2 Å². The first kappa shape index (κ1) is 112. The van der Waals surface area contributed by atoms with E-state index in [0.717, 1.165) is 167 Å². The molecule has 0 radical (unpaired) electrons. The molecule has 670 valence electrons. The van der Waals surface area contributed by atoms with Crippen molar-refractivity contribution in [2.24, 2.45) is 0 Å². The second-order valence-corrected chi connectivity index (χ2v) is 33.6. The van der Waals surface area contributed by atoms with Crippen LogP contribution < -0.4 is 0 Å². The van der Waals surface area contributed by atoms with Crippen LogP contribution in [0.5, 0.6) is 0 Å². The number of phosphoric ester groups is 2. The predicted molar refractivity (Wildman–Crippen MR) is 491 cm³/mol. The Hall–Kier alpha value is -5.09. The lowest BCUT2D eigenvalue weighted by molar-refractivity contribution is -0.161. The minimum absolute atomic E-state index is 0.0853. The monoisotopic (exact) mass is 1680 g/mol. The maximum absolute atomic E-state index is 13.1. The second kappa shape index (κ2) is 90.2. The lowest BCUT2D eigenvalue weighted by Gasteiger charge is -2.21. The van der Waals surface area contributed by atoms with Crippen LogP contribution in [0, 0.1) is 0 Å². The van der Waals surface area contributed by atoms with E-state index in [1.54, 1.807) is 0 Å². The molecular weight excluding hydrogens is 1510 g/mol. The number of phosphoric acid groups is 2. The minimum Gasteiger partial charge on any atom is -0.463 e. The van der Waals surface area contributed by atoms with Gasteiger partial charge in [0.1, 0.15) is 25.4 Å². The molecule has 0 heterocycles. The van der Waals surface area contributed by atoms with Gasteiger partial charge in [-0.15, -0.1) is 0 Å². The molecular formula is C99H168O16P2. The first-order valence-electron chi connectivity index (χ1n) is 46.4. The zero-order valence-corrected chi connectivity index (χ0v) is 75.6. The smallest absolute Gasteiger partial charge is 0.463 e. The number of hydrogen-bond donors (Lipinski definition) is 4. The zero-order valence-electron chi connectivity index (χ0n) is 73.8. The summed E-state index contributed by atoms with van der Waals surface area (Å²) in [6.45, 7) is 2.45. The van der Waals surface area contributed by atoms with Crippen LogP contribution in [0.25, 0.3) is 0 Å². The highest BCUT2D eigenvalue weighted by Crippen LogP contribution is 2.45. The summed E-state index contributed by atoms with van der Waals surface area (Å²) in [5, 5.41) is 20.7. The van der Waals surface area contributed by atoms with Crippen molar-refractivity contribution in [2.45, 2.75) is 399 Å². The van der Waals surface area contributed by atoms with E-state index in [0.29, 0.717) is 19.3 Å². The van der Waals surface area contributed by atoms with E-state index in [1.807, 2.05) is 0 Å². The SMILES string of the molecule is CC/C=C\C/C=C\C/C=C\C/C=C\C/C=C\C/C=C\CCCCCCCCCCCCCCC(=O)OCC(O)COP(=O)(O)OCC(O)COP(=O)(O)OCC(COC(=O)CCCCCCCCCCCCCCCCC/C=C\C/C=C\C/C=C\C/C=C\CCCCC)OC(=O)CCCCCCCC/C=C\C/C=C\C/C=C\C/C=C\CC. The fourth-order valence-electron chi connectivity index (χ4n) is 12.4. The van der Waals surface area contributed by atoms with Crippen LogP contribution >= 0.6 is 15.6 Å². The molecule has 0 aromatic carbocycles. The van der Waals surface area contributed by atoms with Gasteiger partial charge in [0.15, 0.2) is 6.10 Å². The van der Waals surface area contributed by atoms with Crippen LogP contribution in [0.3, 0.4) is 0 Å². The van der Waals surface area contributed by atoms with E-state index >= 15 is 0 Å². The lowest BCUT2D eigenvalue weighted by Crippen LogP contribution is -2.30. The summed E-state index contributed by atoms with van der Waals surface area (Å²) in [5.41, 5.74) is 0. The highest BCUT2D eigenvalue weighted by Gasteiger charge is 2.29. The fourth-order valence-corrected chi connectivity index (χ4v) is 14.0. The molecule has 0 aliphatic rings. The maximum Gasteiger partial charge on any atom is 0.472 e. The molecule has 4 N–H and O–H groups in total. The number of carbonyl (C=O) groups excluding carboxylic acids is 3. The van der Waals surface area contributed by atoms with E-state index in [2.05, 4.69) is 191 Å². The van der Waals surface area contributed by atoms with Gasteiger partial charge in [0, 0.05) is 19.3 Å². The molecule has 5 unspecified atom stereocenters. The fraction of sp³-hybridized carbons (Fsp3) is 0.687. The Morgan fingerprint density at radius 2 is 0.453 bits per heavy atom. The summed E-state index contributed by atoms with van der Waals surface area (Å²) >= 11 is 0. The first-order valence-corrected chi connectivity index (χ1v) is 49.4.